The molecular formula is C32H49N3O2. The maximum Gasteiger partial charge on any atom is 0.159 e. The van der Waals surface area contributed by atoms with Crippen molar-refractivity contribution in [3.63, 3.8) is 0 Å². The Bertz CT molecular complexity index is 1150. The van der Waals surface area contributed by atoms with E-state index in [0.29, 0.717) is 24.2 Å². The van der Waals surface area contributed by atoms with Gasteiger partial charge in [0.25, 0.3) is 0 Å². The van der Waals surface area contributed by atoms with Crippen molar-refractivity contribution < 1.29 is 9.32 Å². The summed E-state index contributed by atoms with van der Waals surface area (Å²) in [6.45, 7) is 18.5. The van der Waals surface area contributed by atoms with Crippen molar-refractivity contribution in [2.45, 2.75) is 111 Å². The van der Waals surface area contributed by atoms with Crippen LogP contribution < -0.4 is 11.1 Å². The number of nitrogens with one attached hydrogen (secondary N) is 1. The third-order valence-corrected chi connectivity index (χ3v) is 13.0. The van der Waals surface area contributed by atoms with Gasteiger partial charge in [-0.25, -0.2) is 0 Å². The number of allylic oxidation sites excluding steroid dienone is 2. The van der Waals surface area contributed by atoms with E-state index in [9.17, 15) is 4.79 Å². The summed E-state index contributed by atoms with van der Waals surface area (Å²) in [5.41, 5.74) is 8.79. The second-order valence-electron chi connectivity index (χ2n) is 15.6. The Morgan fingerprint density at radius 2 is 1.78 bits per heavy atom. The lowest BCUT2D eigenvalue weighted by atomic mass is 9.34. The molecule has 0 aromatic carbocycles. The number of ketones is 1. The van der Waals surface area contributed by atoms with Crippen molar-refractivity contribution in [3.8, 4) is 0 Å². The molecule has 1 aromatic rings. The van der Waals surface area contributed by atoms with Crippen molar-refractivity contribution in [1.29, 1.82) is 0 Å². The van der Waals surface area contributed by atoms with Gasteiger partial charge in [-0.2, -0.15) is 0 Å². The van der Waals surface area contributed by atoms with Crippen LogP contribution in [0.1, 0.15) is 105 Å². The van der Waals surface area contributed by atoms with E-state index in [-0.39, 0.29) is 38.5 Å². The van der Waals surface area contributed by atoms with E-state index in [1.165, 1.54) is 24.0 Å². The molecule has 0 saturated heterocycles. The zero-order valence-corrected chi connectivity index (χ0v) is 24.3. The Balaban J connectivity index is 1.48. The molecule has 0 amide bonds. The number of carbonyl (C=O) groups is 1. The minimum atomic E-state index is -0.0942. The minimum absolute atomic E-state index is 0.0171. The Morgan fingerprint density at radius 3 is 2.51 bits per heavy atom. The molecule has 0 bridgehead atoms. The standard InChI is InChI=1S/C32H49N3O2/c1-27(2)10-12-32(34-15-14-33)13-11-31(7)25(21(32)18-27)22(36)16-24-29(5)17-20-19-35-37-26(20)28(3,4)23(29)8-9-30(24,31)6/h16,19,21,23,25,34H,8-15,17-18,33H2,1-7H3/t21-,23-,25-,29-,30+,31+,32-/m0/s1. The molecule has 5 aliphatic rings. The van der Waals surface area contributed by atoms with Crippen molar-refractivity contribution >= 4 is 5.78 Å². The highest BCUT2D eigenvalue weighted by molar-refractivity contribution is 5.95. The van der Waals surface area contributed by atoms with Crippen LogP contribution in [0.4, 0.5) is 0 Å². The quantitative estimate of drug-likeness (QED) is 0.527. The normalized spacial score (nSPS) is 45.6. The molecule has 1 heterocycles. The monoisotopic (exact) mass is 507 g/mol. The molecule has 5 nitrogen and oxygen atoms in total. The molecule has 204 valence electrons. The predicted molar refractivity (Wildman–Crippen MR) is 147 cm³/mol. The van der Waals surface area contributed by atoms with Gasteiger partial charge in [0, 0.05) is 35.5 Å². The van der Waals surface area contributed by atoms with Crippen LogP contribution in [0, 0.1) is 39.4 Å². The molecule has 0 radical (unpaired) electrons. The molecule has 0 aliphatic heterocycles. The molecule has 37 heavy (non-hydrogen) atoms. The lowest BCUT2D eigenvalue weighted by molar-refractivity contribution is -0.161. The molecule has 5 aliphatic carbocycles. The van der Waals surface area contributed by atoms with E-state index in [0.717, 1.165) is 50.8 Å². The lowest BCUT2D eigenvalue weighted by Gasteiger charge is -2.69. The summed E-state index contributed by atoms with van der Waals surface area (Å²) in [7, 11) is 0. The SMILES string of the molecule is CC1(C)CC[C@]2(NCCN)CC[C@]3(C)[C@H](C(=O)C=C4[C@@]5(C)Cc6cnoc6C(C)(C)[C@@H]5CC[C@]43C)[C@@H]2C1. The second kappa shape index (κ2) is 7.81. The van der Waals surface area contributed by atoms with Gasteiger partial charge in [0.15, 0.2) is 5.78 Å². The Hall–Kier alpha value is -1.46. The molecule has 3 fully saturated rings. The number of nitrogens with zero attached hydrogens (tertiary/aromatic N) is 1. The highest BCUT2D eigenvalue weighted by atomic mass is 16.5. The fourth-order valence-electron chi connectivity index (χ4n) is 10.9. The molecule has 6 rings (SSSR count). The zero-order valence-electron chi connectivity index (χ0n) is 24.3. The summed E-state index contributed by atoms with van der Waals surface area (Å²) < 4.78 is 5.82. The number of hydrogen-bond donors (Lipinski definition) is 2. The van der Waals surface area contributed by atoms with Gasteiger partial charge in [0.1, 0.15) is 5.76 Å². The van der Waals surface area contributed by atoms with Crippen LogP contribution >= 0.6 is 0 Å². The first kappa shape index (κ1) is 25.8. The minimum Gasteiger partial charge on any atom is -0.361 e. The summed E-state index contributed by atoms with van der Waals surface area (Å²) in [5.74, 6) is 2.33. The third-order valence-electron chi connectivity index (χ3n) is 13.0. The molecule has 0 unspecified atom stereocenters. The summed E-state index contributed by atoms with van der Waals surface area (Å²) in [6, 6.07) is 0. The number of fused-ring (bicyclic) bond motifs is 8. The van der Waals surface area contributed by atoms with Crippen LogP contribution in [-0.4, -0.2) is 29.6 Å². The average Bonchev–Trinajstić information content (AvgIpc) is 3.28. The first-order valence-corrected chi connectivity index (χ1v) is 14.9. The summed E-state index contributed by atoms with van der Waals surface area (Å²) in [4.78, 5) is 14.5. The largest absolute Gasteiger partial charge is 0.361 e. The van der Waals surface area contributed by atoms with Gasteiger partial charge in [-0.3, -0.25) is 4.79 Å². The maximum atomic E-state index is 14.5. The van der Waals surface area contributed by atoms with Crippen molar-refractivity contribution in [2.75, 3.05) is 13.1 Å². The molecule has 3 saturated carbocycles. The van der Waals surface area contributed by atoms with Gasteiger partial charge in [0.05, 0.1) is 6.20 Å². The van der Waals surface area contributed by atoms with Gasteiger partial charge < -0.3 is 15.6 Å². The first-order valence-electron chi connectivity index (χ1n) is 14.9. The molecule has 7 atom stereocenters. The van der Waals surface area contributed by atoms with Gasteiger partial charge in [-0.1, -0.05) is 59.2 Å². The van der Waals surface area contributed by atoms with E-state index >= 15 is 0 Å². The second-order valence-corrected chi connectivity index (χ2v) is 15.6. The average molecular weight is 508 g/mol. The Morgan fingerprint density at radius 1 is 1.05 bits per heavy atom. The number of rotatable bonds is 3. The number of carbonyl (C=O) groups excluding carboxylic acids is 1. The first-order chi connectivity index (χ1) is 17.2. The lowest BCUT2D eigenvalue weighted by Crippen LogP contribution is -2.69. The van der Waals surface area contributed by atoms with Gasteiger partial charge in [-0.05, 0) is 90.9 Å². The topological polar surface area (TPSA) is 81.1 Å². The van der Waals surface area contributed by atoms with Gasteiger partial charge in [-0.15, -0.1) is 0 Å². The zero-order chi connectivity index (χ0) is 26.6. The summed E-state index contributed by atoms with van der Waals surface area (Å²) in [5, 5.41) is 8.15. The molecule has 1 aromatic heterocycles. The molecular weight excluding hydrogens is 458 g/mol. The third kappa shape index (κ3) is 3.22. The Labute approximate surface area is 223 Å². The summed E-state index contributed by atoms with van der Waals surface area (Å²) >= 11 is 0. The van der Waals surface area contributed by atoms with Crippen LogP contribution in [-0.2, 0) is 16.6 Å². The molecule has 3 N–H and O–H groups in total. The van der Waals surface area contributed by atoms with E-state index in [1.54, 1.807) is 0 Å². The van der Waals surface area contributed by atoms with Crippen LogP contribution in [0.15, 0.2) is 22.4 Å². The fourth-order valence-corrected chi connectivity index (χ4v) is 10.9. The molecule has 5 heteroatoms. The molecule has 0 spiro atoms. The number of hydrogen-bond acceptors (Lipinski definition) is 5. The summed E-state index contributed by atoms with van der Waals surface area (Å²) in [6.07, 6.45) is 13.1. The van der Waals surface area contributed by atoms with Crippen molar-refractivity contribution in [1.82, 2.24) is 10.5 Å². The highest BCUT2D eigenvalue weighted by Crippen LogP contribution is 2.73. The maximum absolute atomic E-state index is 14.5. The Kier molecular flexibility index (Phi) is 5.44. The fraction of sp³-hybridized carbons (Fsp3) is 0.812. The van der Waals surface area contributed by atoms with Crippen LogP contribution in [0.3, 0.4) is 0 Å². The van der Waals surface area contributed by atoms with E-state index < -0.39 is 0 Å². The van der Waals surface area contributed by atoms with E-state index in [1.807, 2.05) is 6.20 Å². The van der Waals surface area contributed by atoms with Crippen LogP contribution in [0.5, 0.6) is 0 Å². The number of aromatic nitrogens is 1. The van der Waals surface area contributed by atoms with Crippen molar-refractivity contribution in [3.05, 3.63) is 29.2 Å². The van der Waals surface area contributed by atoms with E-state index in [2.05, 4.69) is 65.0 Å². The highest BCUT2D eigenvalue weighted by Gasteiger charge is 2.69. The van der Waals surface area contributed by atoms with Crippen LogP contribution in [0.2, 0.25) is 0 Å². The number of nitrogens with two attached hydrogens (primary N) is 1. The van der Waals surface area contributed by atoms with Gasteiger partial charge in [0.2, 0.25) is 0 Å². The van der Waals surface area contributed by atoms with Crippen molar-refractivity contribution in [2.24, 2.45) is 45.1 Å². The van der Waals surface area contributed by atoms with Gasteiger partial charge >= 0.3 is 0 Å². The smallest absolute Gasteiger partial charge is 0.159 e. The predicted octanol–water partition coefficient (Wildman–Crippen LogP) is 5.97. The van der Waals surface area contributed by atoms with E-state index in [4.69, 9.17) is 10.3 Å². The van der Waals surface area contributed by atoms with Crippen LogP contribution in [0.25, 0.3) is 0 Å².